The molecule has 0 spiro atoms. The third kappa shape index (κ3) is 4.91. The van der Waals surface area contributed by atoms with Crippen molar-refractivity contribution in [3.05, 3.63) is 48.2 Å². The van der Waals surface area contributed by atoms with Gasteiger partial charge in [0.2, 0.25) is 5.91 Å². The van der Waals surface area contributed by atoms with Crippen LogP contribution in [0, 0.1) is 5.92 Å². The molecule has 0 bridgehead atoms. The highest BCUT2D eigenvalue weighted by Gasteiger charge is 2.46. The van der Waals surface area contributed by atoms with Gasteiger partial charge in [-0.15, -0.1) is 0 Å². The van der Waals surface area contributed by atoms with E-state index in [1.807, 2.05) is 0 Å². The normalized spacial score (nSPS) is 18.4. The molecule has 0 saturated carbocycles. The van der Waals surface area contributed by atoms with E-state index in [-0.39, 0.29) is 30.1 Å². The van der Waals surface area contributed by atoms with Gasteiger partial charge >= 0.3 is 6.18 Å². The van der Waals surface area contributed by atoms with Crippen molar-refractivity contribution in [1.29, 1.82) is 0 Å². The number of sulfone groups is 2. The Morgan fingerprint density at radius 3 is 2.21 bits per heavy atom. The quantitative estimate of drug-likeness (QED) is 0.618. The van der Waals surface area contributed by atoms with E-state index in [9.17, 15) is 34.8 Å². The first kappa shape index (κ1) is 25.2. The number of amides is 1. The van der Waals surface area contributed by atoms with Crippen LogP contribution in [0.3, 0.4) is 0 Å². The van der Waals surface area contributed by atoms with E-state index >= 15 is 0 Å². The molecule has 7 nitrogen and oxygen atoms in total. The molecule has 12 heteroatoms. The van der Waals surface area contributed by atoms with Crippen LogP contribution in [-0.4, -0.2) is 45.3 Å². The monoisotopic (exact) mass is 504 g/mol. The molecule has 0 unspecified atom stereocenters. The molecule has 0 N–H and O–H groups in total. The predicted octanol–water partition coefficient (Wildman–Crippen LogP) is 3.50. The van der Waals surface area contributed by atoms with Gasteiger partial charge in [0.1, 0.15) is 5.82 Å². The first-order valence-corrected chi connectivity index (χ1v) is 13.3. The minimum absolute atomic E-state index is 0.00176. The summed E-state index contributed by atoms with van der Waals surface area (Å²) in [5.41, 5.74) is -1.06. The number of anilines is 1. The van der Waals surface area contributed by atoms with Crippen LogP contribution in [0.25, 0.3) is 0 Å². The van der Waals surface area contributed by atoms with Crippen LogP contribution in [0.5, 0.6) is 0 Å². The number of alkyl halides is 3. The Bertz CT molecular complexity index is 1270. The van der Waals surface area contributed by atoms with Crippen LogP contribution in [0.4, 0.5) is 19.0 Å². The van der Waals surface area contributed by atoms with Crippen LogP contribution in [0.2, 0.25) is 0 Å². The maximum absolute atomic E-state index is 13.3. The molecule has 0 aliphatic carbocycles. The summed E-state index contributed by atoms with van der Waals surface area (Å²) in [6.45, 7) is 2.96. The van der Waals surface area contributed by atoms with Crippen molar-refractivity contribution in [2.24, 2.45) is 5.92 Å². The van der Waals surface area contributed by atoms with Gasteiger partial charge in [-0.05, 0) is 56.5 Å². The second-order valence-electron chi connectivity index (χ2n) is 8.49. The number of piperidine rings is 1. The number of halogens is 3. The van der Waals surface area contributed by atoms with Crippen molar-refractivity contribution >= 4 is 31.4 Å². The van der Waals surface area contributed by atoms with Crippen molar-refractivity contribution in [2.45, 2.75) is 47.4 Å². The van der Waals surface area contributed by atoms with Crippen LogP contribution < -0.4 is 4.90 Å². The average Bonchev–Trinajstić information content (AvgIpc) is 2.72. The lowest BCUT2D eigenvalue weighted by Crippen LogP contribution is -2.48. The fourth-order valence-electron chi connectivity index (χ4n) is 3.78. The number of carbonyl (C=O) groups is 1. The van der Waals surface area contributed by atoms with E-state index in [0.29, 0.717) is 6.07 Å². The highest BCUT2D eigenvalue weighted by Crippen LogP contribution is 2.40. The maximum atomic E-state index is 13.3. The van der Waals surface area contributed by atoms with Crippen LogP contribution in [0.15, 0.2) is 52.4 Å². The minimum atomic E-state index is -4.68. The molecule has 1 amide bonds. The molecule has 2 aromatic rings. The standard InChI is InChI=1S/C21H23F3N2O5S2/c1-20(2,33(30,31)16-6-4-5-15(11-16)21(22,23)24)14-9-10-26(19(27)12-14)18-8-7-17(13-25-18)32(3,28)29/h4-8,11,13-14H,9-10,12H2,1-3H3/t14-/m1/s1. The van der Waals surface area contributed by atoms with Gasteiger partial charge in [0.05, 0.1) is 20.1 Å². The molecular formula is C21H23F3N2O5S2. The summed E-state index contributed by atoms with van der Waals surface area (Å²) in [4.78, 5) is 17.7. The molecular weight excluding hydrogens is 481 g/mol. The van der Waals surface area contributed by atoms with E-state index in [1.54, 1.807) is 0 Å². The molecule has 1 fully saturated rings. The summed E-state index contributed by atoms with van der Waals surface area (Å²) in [7, 11) is -7.65. The summed E-state index contributed by atoms with van der Waals surface area (Å²) in [6, 6.07) is 6.32. The van der Waals surface area contributed by atoms with Gasteiger partial charge in [0.15, 0.2) is 19.7 Å². The van der Waals surface area contributed by atoms with Gasteiger partial charge in [0.25, 0.3) is 0 Å². The lowest BCUT2D eigenvalue weighted by atomic mass is 9.85. The Labute approximate surface area is 190 Å². The number of hydrogen-bond acceptors (Lipinski definition) is 6. The second-order valence-corrected chi connectivity index (χ2v) is 13.0. The molecule has 3 rings (SSSR count). The first-order chi connectivity index (χ1) is 15.0. The van der Waals surface area contributed by atoms with Gasteiger partial charge in [-0.2, -0.15) is 13.2 Å². The summed E-state index contributed by atoms with van der Waals surface area (Å²) in [5, 5.41) is 0. The largest absolute Gasteiger partial charge is 0.416 e. The number of benzene rings is 1. The molecule has 180 valence electrons. The van der Waals surface area contributed by atoms with Crippen molar-refractivity contribution in [3.8, 4) is 0 Å². The van der Waals surface area contributed by atoms with E-state index in [1.165, 1.54) is 30.9 Å². The number of aromatic nitrogens is 1. The van der Waals surface area contributed by atoms with Gasteiger partial charge in [-0.1, -0.05) is 6.07 Å². The molecule has 1 aliphatic rings. The highest BCUT2D eigenvalue weighted by molar-refractivity contribution is 7.92. The fourth-order valence-corrected chi connectivity index (χ4v) is 6.13. The second kappa shape index (κ2) is 8.39. The Balaban J connectivity index is 1.83. The topological polar surface area (TPSA) is 101 Å². The van der Waals surface area contributed by atoms with E-state index < -0.39 is 52.9 Å². The smallest absolute Gasteiger partial charge is 0.297 e. The molecule has 1 aromatic heterocycles. The average molecular weight is 505 g/mol. The highest BCUT2D eigenvalue weighted by atomic mass is 32.2. The fraction of sp³-hybridized carbons (Fsp3) is 0.429. The third-order valence-corrected chi connectivity index (χ3v) is 9.69. The predicted molar refractivity (Wildman–Crippen MR) is 115 cm³/mol. The minimum Gasteiger partial charge on any atom is -0.297 e. The van der Waals surface area contributed by atoms with Crippen LogP contribution >= 0.6 is 0 Å². The summed E-state index contributed by atoms with van der Waals surface area (Å²) in [6.07, 6.45) is -2.39. The zero-order valence-electron chi connectivity index (χ0n) is 18.1. The summed E-state index contributed by atoms with van der Waals surface area (Å²) in [5.74, 6) is -0.807. The van der Waals surface area contributed by atoms with E-state index in [2.05, 4.69) is 4.98 Å². The summed E-state index contributed by atoms with van der Waals surface area (Å²) >= 11 is 0. The Morgan fingerprint density at radius 2 is 1.70 bits per heavy atom. The Kier molecular flexibility index (Phi) is 6.40. The van der Waals surface area contributed by atoms with Crippen molar-refractivity contribution in [2.75, 3.05) is 17.7 Å². The first-order valence-electron chi connectivity index (χ1n) is 9.93. The molecule has 2 heterocycles. The van der Waals surface area contributed by atoms with Crippen LogP contribution in [-0.2, 0) is 30.6 Å². The lowest BCUT2D eigenvalue weighted by Gasteiger charge is -2.39. The van der Waals surface area contributed by atoms with Gasteiger partial charge in [-0.25, -0.2) is 21.8 Å². The zero-order chi connectivity index (χ0) is 24.8. The zero-order valence-corrected chi connectivity index (χ0v) is 19.8. The third-order valence-electron chi connectivity index (χ3n) is 6.00. The van der Waals surface area contributed by atoms with Gasteiger partial charge in [0, 0.05) is 25.4 Å². The van der Waals surface area contributed by atoms with Crippen LogP contribution in [0.1, 0.15) is 32.3 Å². The number of hydrogen-bond donors (Lipinski definition) is 0. The van der Waals surface area contributed by atoms with Gasteiger partial charge in [-0.3, -0.25) is 9.69 Å². The number of pyridine rings is 1. The Hall–Kier alpha value is -2.47. The van der Waals surface area contributed by atoms with Crippen molar-refractivity contribution < 1.29 is 34.8 Å². The summed E-state index contributed by atoms with van der Waals surface area (Å²) < 4.78 is 87.4. The number of rotatable bonds is 5. The SMILES string of the molecule is CC(C)([C@@H]1CCN(c2ccc(S(C)(=O)=O)cn2)C(=O)C1)S(=O)(=O)c1cccc(C(F)(F)F)c1. The van der Waals surface area contributed by atoms with E-state index in [0.717, 1.165) is 30.7 Å². The molecule has 33 heavy (non-hydrogen) atoms. The lowest BCUT2D eigenvalue weighted by molar-refractivity contribution is -0.137. The van der Waals surface area contributed by atoms with Gasteiger partial charge < -0.3 is 0 Å². The maximum Gasteiger partial charge on any atom is 0.416 e. The van der Waals surface area contributed by atoms with Crippen molar-refractivity contribution in [3.63, 3.8) is 0 Å². The van der Waals surface area contributed by atoms with E-state index in [4.69, 9.17) is 0 Å². The van der Waals surface area contributed by atoms with Crippen molar-refractivity contribution in [1.82, 2.24) is 4.98 Å². The molecule has 0 radical (unpaired) electrons. The molecule has 1 aliphatic heterocycles. The molecule has 1 aromatic carbocycles. The molecule has 1 atom stereocenters. The molecule has 1 saturated heterocycles. The Morgan fingerprint density at radius 1 is 1.03 bits per heavy atom. The number of nitrogens with zero attached hydrogens (tertiary/aromatic N) is 2. The number of carbonyl (C=O) groups excluding carboxylic acids is 1.